The van der Waals surface area contributed by atoms with E-state index >= 15 is 0 Å². The van der Waals surface area contributed by atoms with Gasteiger partial charge in [0.05, 0.1) is 23.2 Å². The third-order valence-corrected chi connectivity index (χ3v) is 3.16. The van der Waals surface area contributed by atoms with Gasteiger partial charge >= 0.3 is 0 Å². The van der Waals surface area contributed by atoms with Crippen molar-refractivity contribution in [3.8, 4) is 17.6 Å². The number of halogens is 2. The van der Waals surface area contributed by atoms with E-state index in [1.54, 1.807) is 18.2 Å². The van der Waals surface area contributed by atoms with Crippen molar-refractivity contribution in [3.05, 3.63) is 64.7 Å². The Kier molecular flexibility index (Phi) is 3.75. The average Bonchev–Trinajstić information content (AvgIpc) is 2.69. The molecule has 0 radical (unpaired) electrons. The third kappa shape index (κ3) is 2.77. The average molecular weight is 299 g/mol. The molecule has 1 amide bonds. The minimum Gasteiger partial charge on any atom is -0.490 e. The largest absolute Gasteiger partial charge is 0.490 e. The SMILES string of the molecule is O=C1NCCOc2c(C#Cc3ccc(F)cc3F)cccc21. The predicted octanol–water partition coefficient (Wildman–Crippen LogP) is 2.49. The van der Waals surface area contributed by atoms with Crippen LogP contribution in [0.15, 0.2) is 36.4 Å². The number of hydrogen-bond acceptors (Lipinski definition) is 2. The molecule has 0 fully saturated rings. The first-order valence-electron chi connectivity index (χ1n) is 6.66. The second kappa shape index (κ2) is 5.86. The van der Waals surface area contributed by atoms with Gasteiger partial charge in [0.25, 0.3) is 5.91 Å². The fourth-order valence-electron chi connectivity index (χ4n) is 2.11. The van der Waals surface area contributed by atoms with E-state index in [2.05, 4.69) is 17.2 Å². The Morgan fingerprint density at radius 1 is 1.09 bits per heavy atom. The van der Waals surface area contributed by atoms with Gasteiger partial charge in [-0.25, -0.2) is 8.78 Å². The van der Waals surface area contributed by atoms with Crippen molar-refractivity contribution >= 4 is 5.91 Å². The van der Waals surface area contributed by atoms with Gasteiger partial charge < -0.3 is 10.1 Å². The maximum absolute atomic E-state index is 13.6. The standard InChI is InChI=1S/C17H11F2NO2/c18-13-7-6-11(15(19)10-13)4-5-12-2-1-3-14-16(12)22-9-8-20-17(14)21/h1-3,6-7,10H,8-9H2,(H,20,21). The number of benzene rings is 2. The molecule has 1 aliphatic heterocycles. The van der Waals surface area contributed by atoms with Gasteiger partial charge in [-0.2, -0.15) is 0 Å². The van der Waals surface area contributed by atoms with Crippen LogP contribution in [0.1, 0.15) is 21.5 Å². The Balaban J connectivity index is 2.02. The predicted molar refractivity (Wildman–Crippen MR) is 76.6 cm³/mol. The molecule has 0 spiro atoms. The lowest BCUT2D eigenvalue weighted by molar-refractivity contribution is 0.0957. The van der Waals surface area contributed by atoms with Gasteiger partial charge in [-0.3, -0.25) is 4.79 Å². The van der Waals surface area contributed by atoms with Gasteiger partial charge in [0.2, 0.25) is 0 Å². The first-order valence-corrected chi connectivity index (χ1v) is 6.66. The van der Waals surface area contributed by atoms with Crippen molar-refractivity contribution in [1.29, 1.82) is 0 Å². The minimum absolute atomic E-state index is 0.0806. The van der Waals surface area contributed by atoms with Crippen LogP contribution in [0, 0.1) is 23.5 Å². The molecular weight excluding hydrogens is 288 g/mol. The van der Waals surface area contributed by atoms with Crippen molar-refractivity contribution in [3.63, 3.8) is 0 Å². The van der Waals surface area contributed by atoms with Gasteiger partial charge in [-0.15, -0.1) is 0 Å². The van der Waals surface area contributed by atoms with Crippen LogP contribution in [0.4, 0.5) is 8.78 Å². The Bertz CT molecular complexity index is 806. The molecular formula is C17H11F2NO2. The zero-order valence-corrected chi connectivity index (χ0v) is 11.5. The number of para-hydroxylation sites is 1. The summed E-state index contributed by atoms with van der Waals surface area (Å²) in [5, 5.41) is 2.70. The third-order valence-electron chi connectivity index (χ3n) is 3.16. The number of nitrogens with one attached hydrogen (secondary N) is 1. The lowest BCUT2D eigenvalue weighted by Gasteiger charge is -2.07. The highest BCUT2D eigenvalue weighted by molar-refractivity contribution is 5.98. The zero-order chi connectivity index (χ0) is 15.5. The van der Waals surface area contributed by atoms with E-state index in [1.165, 1.54) is 6.07 Å². The highest BCUT2D eigenvalue weighted by atomic mass is 19.1. The summed E-state index contributed by atoms with van der Waals surface area (Å²) in [6, 6.07) is 8.19. The number of fused-ring (bicyclic) bond motifs is 1. The Hall–Kier alpha value is -2.87. The number of hydrogen-bond donors (Lipinski definition) is 1. The summed E-state index contributed by atoms with van der Waals surface area (Å²) in [7, 11) is 0. The monoisotopic (exact) mass is 299 g/mol. The van der Waals surface area contributed by atoms with Crippen LogP contribution in [-0.4, -0.2) is 19.1 Å². The summed E-state index contributed by atoms with van der Waals surface area (Å²) in [6.45, 7) is 0.745. The molecule has 2 aromatic rings. The fraction of sp³-hybridized carbons (Fsp3) is 0.118. The molecule has 1 N–H and O–H groups in total. The molecule has 0 aliphatic carbocycles. The Labute approximate surface area is 125 Å². The molecule has 0 saturated heterocycles. The molecule has 110 valence electrons. The Morgan fingerprint density at radius 2 is 1.91 bits per heavy atom. The lowest BCUT2D eigenvalue weighted by atomic mass is 10.1. The number of rotatable bonds is 0. The zero-order valence-electron chi connectivity index (χ0n) is 11.5. The van der Waals surface area contributed by atoms with Gasteiger partial charge in [-0.05, 0) is 24.3 Å². The van der Waals surface area contributed by atoms with Crippen LogP contribution in [0.2, 0.25) is 0 Å². The number of carbonyl (C=O) groups excluding carboxylic acids is 1. The molecule has 3 rings (SSSR count). The molecule has 2 aromatic carbocycles. The molecule has 0 unspecified atom stereocenters. The lowest BCUT2D eigenvalue weighted by Crippen LogP contribution is -2.24. The molecule has 0 aromatic heterocycles. The molecule has 1 heterocycles. The van der Waals surface area contributed by atoms with Gasteiger partial charge in [0.1, 0.15) is 24.0 Å². The molecule has 3 nitrogen and oxygen atoms in total. The summed E-state index contributed by atoms with van der Waals surface area (Å²) in [4.78, 5) is 11.9. The van der Waals surface area contributed by atoms with Crippen LogP contribution < -0.4 is 10.1 Å². The van der Waals surface area contributed by atoms with Gasteiger partial charge in [0.15, 0.2) is 0 Å². The second-order valence-corrected chi connectivity index (χ2v) is 4.66. The Morgan fingerprint density at radius 3 is 2.73 bits per heavy atom. The highest BCUT2D eigenvalue weighted by Crippen LogP contribution is 2.25. The van der Waals surface area contributed by atoms with Gasteiger partial charge in [0, 0.05) is 6.07 Å². The number of amides is 1. The molecule has 22 heavy (non-hydrogen) atoms. The van der Waals surface area contributed by atoms with E-state index in [0.29, 0.717) is 30.0 Å². The van der Waals surface area contributed by atoms with Crippen molar-refractivity contribution in [2.45, 2.75) is 0 Å². The molecule has 0 atom stereocenters. The van der Waals surface area contributed by atoms with Crippen molar-refractivity contribution in [2.24, 2.45) is 0 Å². The molecule has 0 bridgehead atoms. The molecule has 0 saturated carbocycles. The van der Waals surface area contributed by atoms with Crippen LogP contribution >= 0.6 is 0 Å². The second-order valence-electron chi connectivity index (χ2n) is 4.66. The first-order chi connectivity index (χ1) is 10.6. The maximum Gasteiger partial charge on any atom is 0.255 e. The minimum atomic E-state index is -0.729. The first kappa shape index (κ1) is 14.1. The quantitative estimate of drug-likeness (QED) is 0.759. The smallest absolute Gasteiger partial charge is 0.255 e. The van der Waals surface area contributed by atoms with Crippen LogP contribution in [-0.2, 0) is 0 Å². The van der Waals surface area contributed by atoms with Crippen molar-refractivity contribution in [2.75, 3.05) is 13.2 Å². The number of carbonyl (C=O) groups is 1. The van der Waals surface area contributed by atoms with Crippen molar-refractivity contribution < 1.29 is 18.3 Å². The highest BCUT2D eigenvalue weighted by Gasteiger charge is 2.18. The van der Waals surface area contributed by atoms with E-state index in [-0.39, 0.29) is 11.5 Å². The molecule has 5 heteroatoms. The van der Waals surface area contributed by atoms with E-state index in [1.807, 2.05) is 0 Å². The topological polar surface area (TPSA) is 38.3 Å². The summed E-state index contributed by atoms with van der Waals surface area (Å²) in [5.74, 6) is 4.18. The summed E-state index contributed by atoms with van der Waals surface area (Å²) < 4.78 is 32.0. The van der Waals surface area contributed by atoms with Crippen LogP contribution in [0.3, 0.4) is 0 Å². The summed E-state index contributed by atoms with van der Waals surface area (Å²) in [6.07, 6.45) is 0. The van der Waals surface area contributed by atoms with Crippen LogP contribution in [0.25, 0.3) is 0 Å². The fourth-order valence-corrected chi connectivity index (χ4v) is 2.11. The van der Waals surface area contributed by atoms with Gasteiger partial charge in [-0.1, -0.05) is 17.9 Å². The normalized spacial score (nSPS) is 13.1. The summed E-state index contributed by atoms with van der Waals surface area (Å²) >= 11 is 0. The maximum atomic E-state index is 13.6. The number of ether oxygens (including phenoxy) is 1. The van der Waals surface area contributed by atoms with E-state index < -0.39 is 11.6 Å². The van der Waals surface area contributed by atoms with E-state index in [4.69, 9.17) is 4.74 Å². The van der Waals surface area contributed by atoms with E-state index in [0.717, 1.165) is 12.1 Å². The summed E-state index contributed by atoms with van der Waals surface area (Å²) in [5.41, 5.74) is 0.958. The molecule has 1 aliphatic rings. The van der Waals surface area contributed by atoms with Crippen LogP contribution in [0.5, 0.6) is 5.75 Å². The van der Waals surface area contributed by atoms with E-state index in [9.17, 15) is 13.6 Å². The van der Waals surface area contributed by atoms with Crippen molar-refractivity contribution in [1.82, 2.24) is 5.32 Å².